The number of nitrogens with zero attached hydrogens (tertiary/aromatic N) is 2. The summed E-state index contributed by atoms with van der Waals surface area (Å²) < 4.78 is 5.56. The van der Waals surface area contributed by atoms with E-state index in [-0.39, 0.29) is 11.6 Å². The van der Waals surface area contributed by atoms with Gasteiger partial charge in [0.2, 0.25) is 5.95 Å². The van der Waals surface area contributed by atoms with Crippen molar-refractivity contribution in [2.24, 2.45) is 0 Å². The lowest BCUT2D eigenvalue weighted by Crippen LogP contribution is -2.41. The number of anilines is 2. The molecule has 5 nitrogen and oxygen atoms in total. The quantitative estimate of drug-likeness (QED) is 0.790. The zero-order valence-corrected chi connectivity index (χ0v) is 9.95. The van der Waals surface area contributed by atoms with Crippen LogP contribution in [0.4, 0.5) is 11.8 Å². The summed E-state index contributed by atoms with van der Waals surface area (Å²) in [6.07, 6.45) is 1.14. The number of hydrogen-bond donors (Lipinski definition) is 2. The maximum absolute atomic E-state index is 5.62. The minimum atomic E-state index is -0.0762. The lowest BCUT2D eigenvalue weighted by Gasteiger charge is -2.29. The van der Waals surface area contributed by atoms with E-state index in [0.717, 1.165) is 24.5 Å². The van der Waals surface area contributed by atoms with E-state index in [1.165, 1.54) is 0 Å². The van der Waals surface area contributed by atoms with Crippen LogP contribution < -0.4 is 11.1 Å². The minimum absolute atomic E-state index is 0.0762. The number of nitrogen functional groups attached to an aromatic ring is 1. The van der Waals surface area contributed by atoms with Gasteiger partial charge in [0.25, 0.3) is 0 Å². The molecular formula is C11H18N4O. The Labute approximate surface area is 95.4 Å². The number of nitrogens with two attached hydrogens (primary N) is 1. The average Bonchev–Trinajstić information content (AvgIpc) is 2.44. The van der Waals surface area contributed by atoms with E-state index >= 15 is 0 Å². The van der Waals surface area contributed by atoms with Gasteiger partial charge in [-0.15, -0.1) is 0 Å². The zero-order chi connectivity index (χ0) is 11.8. The fourth-order valence-corrected chi connectivity index (χ4v) is 1.95. The van der Waals surface area contributed by atoms with Crippen molar-refractivity contribution in [1.82, 2.24) is 9.97 Å². The second-order valence-electron chi connectivity index (χ2n) is 4.56. The van der Waals surface area contributed by atoms with Crippen LogP contribution in [-0.4, -0.2) is 28.2 Å². The SMILES string of the molecule is Cc1cc(NC2(C)CCOC2C)nc(N)n1. The van der Waals surface area contributed by atoms with E-state index in [1.54, 1.807) is 0 Å². The first kappa shape index (κ1) is 11.1. The molecule has 3 N–H and O–H groups in total. The predicted molar refractivity (Wildman–Crippen MR) is 63.2 cm³/mol. The summed E-state index contributed by atoms with van der Waals surface area (Å²) in [6.45, 7) is 6.89. The van der Waals surface area contributed by atoms with E-state index in [4.69, 9.17) is 10.5 Å². The number of rotatable bonds is 2. The minimum Gasteiger partial charge on any atom is -0.376 e. The van der Waals surface area contributed by atoms with Gasteiger partial charge in [-0.05, 0) is 27.2 Å². The summed E-state index contributed by atoms with van der Waals surface area (Å²) in [5, 5.41) is 3.39. The molecule has 2 rings (SSSR count). The van der Waals surface area contributed by atoms with Crippen LogP contribution in [0.25, 0.3) is 0 Å². The van der Waals surface area contributed by atoms with Gasteiger partial charge in [-0.25, -0.2) is 4.98 Å². The third-order valence-corrected chi connectivity index (χ3v) is 3.17. The summed E-state index contributed by atoms with van der Waals surface area (Å²) in [5.41, 5.74) is 6.41. The van der Waals surface area contributed by atoms with Crippen molar-refractivity contribution in [2.45, 2.75) is 38.8 Å². The maximum atomic E-state index is 5.62. The van der Waals surface area contributed by atoms with Gasteiger partial charge < -0.3 is 15.8 Å². The Hall–Kier alpha value is -1.36. The first-order valence-corrected chi connectivity index (χ1v) is 5.50. The lowest BCUT2D eigenvalue weighted by molar-refractivity contribution is 0.105. The Morgan fingerprint density at radius 3 is 2.88 bits per heavy atom. The molecule has 0 saturated carbocycles. The number of ether oxygens (including phenoxy) is 1. The molecule has 1 aliphatic rings. The van der Waals surface area contributed by atoms with Crippen molar-refractivity contribution in [3.63, 3.8) is 0 Å². The summed E-state index contributed by atoms with van der Waals surface area (Å²) in [5.74, 6) is 1.07. The molecule has 0 aliphatic carbocycles. The van der Waals surface area contributed by atoms with Crippen molar-refractivity contribution >= 4 is 11.8 Å². The van der Waals surface area contributed by atoms with Crippen molar-refractivity contribution in [1.29, 1.82) is 0 Å². The van der Waals surface area contributed by atoms with Crippen LogP contribution in [-0.2, 0) is 4.74 Å². The van der Waals surface area contributed by atoms with Crippen LogP contribution in [0.1, 0.15) is 26.0 Å². The van der Waals surface area contributed by atoms with E-state index in [9.17, 15) is 0 Å². The summed E-state index contributed by atoms with van der Waals surface area (Å²) in [4.78, 5) is 8.22. The first-order valence-electron chi connectivity index (χ1n) is 5.50. The molecule has 1 aliphatic heterocycles. The van der Waals surface area contributed by atoms with Crippen LogP contribution >= 0.6 is 0 Å². The van der Waals surface area contributed by atoms with Crippen LogP contribution in [0.2, 0.25) is 0 Å². The standard InChI is InChI=1S/C11H18N4O/c1-7-6-9(14-10(12)13-7)15-11(3)4-5-16-8(11)2/h6,8H,4-5H2,1-3H3,(H3,12,13,14,15). The average molecular weight is 222 g/mol. The molecule has 1 aromatic heterocycles. The molecule has 1 fully saturated rings. The molecule has 1 aromatic rings. The molecule has 0 bridgehead atoms. The highest BCUT2D eigenvalue weighted by atomic mass is 16.5. The molecule has 0 radical (unpaired) electrons. The van der Waals surface area contributed by atoms with Crippen molar-refractivity contribution in [3.05, 3.63) is 11.8 Å². The van der Waals surface area contributed by atoms with E-state index in [2.05, 4.69) is 29.1 Å². The number of aromatic nitrogens is 2. The van der Waals surface area contributed by atoms with Crippen LogP contribution in [0, 0.1) is 6.92 Å². The molecule has 88 valence electrons. The summed E-state index contributed by atoms with van der Waals surface area (Å²) in [6, 6.07) is 1.90. The largest absolute Gasteiger partial charge is 0.376 e. The van der Waals surface area contributed by atoms with Gasteiger partial charge in [-0.1, -0.05) is 0 Å². The predicted octanol–water partition coefficient (Wildman–Crippen LogP) is 1.35. The number of hydrogen-bond acceptors (Lipinski definition) is 5. The highest BCUT2D eigenvalue weighted by molar-refractivity contribution is 5.43. The van der Waals surface area contributed by atoms with Gasteiger partial charge in [0.1, 0.15) is 5.82 Å². The monoisotopic (exact) mass is 222 g/mol. The van der Waals surface area contributed by atoms with Gasteiger partial charge in [0.05, 0.1) is 11.6 Å². The molecule has 1 saturated heterocycles. The summed E-state index contributed by atoms with van der Waals surface area (Å²) in [7, 11) is 0. The molecule has 16 heavy (non-hydrogen) atoms. The number of nitrogens with one attached hydrogen (secondary N) is 1. The van der Waals surface area contributed by atoms with Gasteiger partial charge in [0.15, 0.2) is 0 Å². The van der Waals surface area contributed by atoms with Gasteiger partial charge >= 0.3 is 0 Å². The normalized spacial score (nSPS) is 29.3. The smallest absolute Gasteiger partial charge is 0.222 e. The molecule has 5 heteroatoms. The Bertz CT molecular complexity index is 375. The van der Waals surface area contributed by atoms with E-state index in [1.807, 2.05) is 13.0 Å². The molecule has 2 atom stereocenters. The molecule has 2 heterocycles. The lowest BCUT2D eigenvalue weighted by atomic mass is 9.95. The third-order valence-electron chi connectivity index (χ3n) is 3.17. The second kappa shape index (κ2) is 3.90. The van der Waals surface area contributed by atoms with Gasteiger partial charge in [0, 0.05) is 18.4 Å². The Morgan fingerprint density at radius 2 is 2.31 bits per heavy atom. The second-order valence-corrected chi connectivity index (χ2v) is 4.56. The highest BCUT2D eigenvalue weighted by Crippen LogP contribution is 2.29. The topological polar surface area (TPSA) is 73.1 Å². The Kier molecular flexibility index (Phi) is 2.71. The number of aryl methyl sites for hydroxylation is 1. The fraction of sp³-hybridized carbons (Fsp3) is 0.636. The van der Waals surface area contributed by atoms with Gasteiger partial charge in [-0.2, -0.15) is 4.98 Å². The third kappa shape index (κ3) is 2.09. The molecular weight excluding hydrogens is 204 g/mol. The molecule has 2 unspecified atom stereocenters. The fourth-order valence-electron chi connectivity index (χ4n) is 1.95. The van der Waals surface area contributed by atoms with Crippen LogP contribution in [0.3, 0.4) is 0 Å². The highest BCUT2D eigenvalue weighted by Gasteiger charge is 2.37. The summed E-state index contributed by atoms with van der Waals surface area (Å²) >= 11 is 0. The Balaban J connectivity index is 2.20. The van der Waals surface area contributed by atoms with E-state index in [0.29, 0.717) is 5.95 Å². The van der Waals surface area contributed by atoms with Crippen molar-refractivity contribution < 1.29 is 4.74 Å². The first-order chi connectivity index (χ1) is 7.49. The van der Waals surface area contributed by atoms with Crippen LogP contribution in [0.15, 0.2) is 6.07 Å². The zero-order valence-electron chi connectivity index (χ0n) is 9.95. The maximum Gasteiger partial charge on any atom is 0.222 e. The van der Waals surface area contributed by atoms with Gasteiger partial charge in [-0.3, -0.25) is 0 Å². The Morgan fingerprint density at radius 1 is 1.56 bits per heavy atom. The van der Waals surface area contributed by atoms with Crippen molar-refractivity contribution in [3.8, 4) is 0 Å². The molecule has 0 aromatic carbocycles. The van der Waals surface area contributed by atoms with E-state index < -0.39 is 0 Å². The van der Waals surface area contributed by atoms with Crippen molar-refractivity contribution in [2.75, 3.05) is 17.7 Å². The molecule has 0 amide bonds. The molecule has 0 spiro atoms. The van der Waals surface area contributed by atoms with Crippen LogP contribution in [0.5, 0.6) is 0 Å².